The lowest BCUT2D eigenvalue weighted by atomic mass is 10.0. The zero-order valence-electron chi connectivity index (χ0n) is 12.0. The lowest BCUT2D eigenvalue weighted by Crippen LogP contribution is -2.28. The van der Waals surface area contributed by atoms with E-state index in [1.807, 2.05) is 6.07 Å². The molecular weight excluding hydrogens is 242 g/mol. The normalized spacial score (nSPS) is 17.6. The number of ether oxygens (including phenoxy) is 2. The summed E-state index contributed by atoms with van der Waals surface area (Å²) in [7, 11) is 3.43. The summed E-state index contributed by atoms with van der Waals surface area (Å²) in [6, 6.07) is 1.94. The second kappa shape index (κ2) is 6.30. The average Bonchev–Trinajstić information content (AvgIpc) is 2.89. The molecule has 0 bridgehead atoms. The minimum atomic E-state index is -0.312. The van der Waals surface area contributed by atoms with E-state index in [2.05, 4.69) is 22.2 Å². The molecule has 0 radical (unpaired) electrons. The molecule has 19 heavy (non-hydrogen) atoms. The van der Waals surface area contributed by atoms with Gasteiger partial charge in [-0.2, -0.15) is 0 Å². The number of hydrogen-bond donors (Lipinski definition) is 1. The Morgan fingerprint density at radius 2 is 2.00 bits per heavy atom. The third-order valence-electron chi connectivity index (χ3n) is 3.64. The van der Waals surface area contributed by atoms with Crippen LogP contribution in [0.4, 0.5) is 5.82 Å². The minimum absolute atomic E-state index is 0.312. The van der Waals surface area contributed by atoms with E-state index in [9.17, 15) is 0 Å². The van der Waals surface area contributed by atoms with Crippen molar-refractivity contribution in [3.8, 4) is 0 Å². The van der Waals surface area contributed by atoms with Crippen molar-refractivity contribution in [3.63, 3.8) is 0 Å². The molecule has 0 aromatic carbocycles. The van der Waals surface area contributed by atoms with Crippen molar-refractivity contribution in [2.75, 3.05) is 26.1 Å². The SMILES string of the molecule is CCNc1cc(COC)nc(C2(OC)CCCC2)n1. The first-order valence-electron chi connectivity index (χ1n) is 6.90. The van der Waals surface area contributed by atoms with E-state index in [1.165, 1.54) is 12.8 Å². The van der Waals surface area contributed by atoms with E-state index < -0.39 is 0 Å². The first kappa shape index (κ1) is 14.2. The van der Waals surface area contributed by atoms with Crippen LogP contribution in [0.1, 0.15) is 44.1 Å². The van der Waals surface area contributed by atoms with Crippen molar-refractivity contribution in [2.45, 2.75) is 44.8 Å². The van der Waals surface area contributed by atoms with Gasteiger partial charge >= 0.3 is 0 Å². The minimum Gasteiger partial charge on any atom is -0.378 e. The molecule has 0 amide bonds. The predicted octanol–water partition coefficient (Wildman–Crippen LogP) is 2.47. The number of hydrogen-bond acceptors (Lipinski definition) is 5. The Balaban J connectivity index is 2.36. The van der Waals surface area contributed by atoms with Crippen LogP contribution in [0, 0.1) is 0 Å². The Bertz CT molecular complexity index is 393. The molecule has 0 unspecified atom stereocenters. The standard InChI is InChI=1S/C14H23N3O2/c1-4-15-12-9-11(10-18-2)16-13(17-12)14(19-3)7-5-6-8-14/h9H,4-8,10H2,1-3H3,(H,15,16,17). The number of nitrogens with zero attached hydrogens (tertiary/aromatic N) is 2. The van der Waals surface area contributed by atoms with Crippen molar-refractivity contribution in [1.82, 2.24) is 9.97 Å². The summed E-state index contributed by atoms with van der Waals surface area (Å²) >= 11 is 0. The fraction of sp³-hybridized carbons (Fsp3) is 0.714. The highest BCUT2D eigenvalue weighted by Gasteiger charge is 2.38. The Kier molecular flexibility index (Phi) is 4.71. The van der Waals surface area contributed by atoms with Gasteiger partial charge in [0.25, 0.3) is 0 Å². The van der Waals surface area contributed by atoms with Gasteiger partial charge in [0.1, 0.15) is 11.4 Å². The highest BCUT2D eigenvalue weighted by Crippen LogP contribution is 2.40. The van der Waals surface area contributed by atoms with Crippen molar-refractivity contribution >= 4 is 5.82 Å². The van der Waals surface area contributed by atoms with Gasteiger partial charge in [-0.1, -0.05) is 0 Å². The van der Waals surface area contributed by atoms with Gasteiger partial charge in [0.2, 0.25) is 0 Å². The molecular formula is C14H23N3O2. The first-order chi connectivity index (χ1) is 9.24. The molecule has 5 nitrogen and oxygen atoms in total. The average molecular weight is 265 g/mol. The maximum absolute atomic E-state index is 5.76. The Hall–Kier alpha value is -1.20. The maximum Gasteiger partial charge on any atom is 0.162 e. The fourth-order valence-electron chi connectivity index (χ4n) is 2.66. The van der Waals surface area contributed by atoms with Gasteiger partial charge in [0, 0.05) is 26.8 Å². The van der Waals surface area contributed by atoms with E-state index in [-0.39, 0.29) is 5.60 Å². The zero-order chi connectivity index (χ0) is 13.7. The topological polar surface area (TPSA) is 56.3 Å². The zero-order valence-corrected chi connectivity index (χ0v) is 12.0. The van der Waals surface area contributed by atoms with Crippen LogP contribution < -0.4 is 5.32 Å². The molecule has 0 spiro atoms. The lowest BCUT2D eigenvalue weighted by Gasteiger charge is -2.26. The quantitative estimate of drug-likeness (QED) is 0.856. The number of aromatic nitrogens is 2. The summed E-state index contributed by atoms with van der Waals surface area (Å²) in [4.78, 5) is 9.26. The lowest BCUT2D eigenvalue weighted by molar-refractivity contribution is -0.0165. The molecule has 5 heteroatoms. The third-order valence-corrected chi connectivity index (χ3v) is 3.64. The smallest absolute Gasteiger partial charge is 0.162 e. The summed E-state index contributed by atoms with van der Waals surface area (Å²) in [5, 5.41) is 3.25. The molecule has 1 N–H and O–H groups in total. The number of rotatable bonds is 6. The molecule has 0 saturated heterocycles. The van der Waals surface area contributed by atoms with Crippen LogP contribution in [-0.2, 0) is 21.7 Å². The molecule has 1 aliphatic carbocycles. The molecule has 1 saturated carbocycles. The van der Waals surface area contributed by atoms with Crippen molar-refractivity contribution < 1.29 is 9.47 Å². The van der Waals surface area contributed by atoms with Crippen LogP contribution in [0.2, 0.25) is 0 Å². The highest BCUT2D eigenvalue weighted by molar-refractivity contribution is 5.36. The third kappa shape index (κ3) is 3.04. The number of methoxy groups -OCH3 is 2. The van der Waals surface area contributed by atoms with E-state index >= 15 is 0 Å². The van der Waals surface area contributed by atoms with Crippen molar-refractivity contribution in [1.29, 1.82) is 0 Å². The van der Waals surface area contributed by atoms with E-state index in [4.69, 9.17) is 9.47 Å². The Morgan fingerprint density at radius 1 is 1.26 bits per heavy atom. The summed E-state index contributed by atoms with van der Waals surface area (Å²) in [6.45, 7) is 3.38. The molecule has 1 aromatic rings. The Morgan fingerprint density at radius 3 is 2.58 bits per heavy atom. The van der Waals surface area contributed by atoms with Gasteiger partial charge in [-0.15, -0.1) is 0 Å². The molecule has 1 heterocycles. The second-order valence-corrected chi connectivity index (χ2v) is 4.94. The molecule has 2 rings (SSSR count). The number of nitrogens with one attached hydrogen (secondary N) is 1. The molecule has 0 aliphatic heterocycles. The summed E-state index contributed by atoms with van der Waals surface area (Å²) in [5.74, 6) is 1.64. The van der Waals surface area contributed by atoms with Crippen LogP contribution >= 0.6 is 0 Å². The summed E-state index contributed by atoms with van der Waals surface area (Å²) in [5.41, 5.74) is 0.584. The van der Waals surface area contributed by atoms with Crippen LogP contribution in [0.15, 0.2) is 6.07 Å². The predicted molar refractivity (Wildman–Crippen MR) is 74.1 cm³/mol. The van der Waals surface area contributed by atoms with Gasteiger partial charge in [0.15, 0.2) is 5.82 Å². The largest absolute Gasteiger partial charge is 0.378 e. The van der Waals surface area contributed by atoms with Gasteiger partial charge in [-0.25, -0.2) is 9.97 Å². The fourth-order valence-corrected chi connectivity index (χ4v) is 2.66. The van der Waals surface area contributed by atoms with Gasteiger partial charge in [0.05, 0.1) is 12.3 Å². The molecule has 106 valence electrons. The van der Waals surface area contributed by atoms with Crippen LogP contribution in [0.3, 0.4) is 0 Å². The van der Waals surface area contributed by atoms with Crippen LogP contribution in [0.5, 0.6) is 0 Å². The maximum atomic E-state index is 5.76. The van der Waals surface area contributed by atoms with E-state index in [0.29, 0.717) is 6.61 Å². The van der Waals surface area contributed by atoms with Crippen molar-refractivity contribution in [2.24, 2.45) is 0 Å². The summed E-state index contributed by atoms with van der Waals surface area (Å²) in [6.07, 6.45) is 4.32. The number of anilines is 1. The Labute approximate surface area is 114 Å². The van der Waals surface area contributed by atoms with Gasteiger partial charge < -0.3 is 14.8 Å². The monoisotopic (exact) mass is 265 g/mol. The van der Waals surface area contributed by atoms with Gasteiger partial charge in [-0.3, -0.25) is 0 Å². The van der Waals surface area contributed by atoms with Gasteiger partial charge in [-0.05, 0) is 32.6 Å². The van der Waals surface area contributed by atoms with Crippen molar-refractivity contribution in [3.05, 3.63) is 17.6 Å². The van der Waals surface area contributed by atoms with E-state index in [1.54, 1.807) is 14.2 Å². The first-order valence-corrected chi connectivity index (χ1v) is 6.90. The molecule has 1 aromatic heterocycles. The van der Waals surface area contributed by atoms with E-state index in [0.717, 1.165) is 36.7 Å². The highest BCUT2D eigenvalue weighted by atomic mass is 16.5. The molecule has 0 atom stereocenters. The summed E-state index contributed by atoms with van der Waals surface area (Å²) < 4.78 is 10.9. The van der Waals surface area contributed by atoms with Crippen LogP contribution in [-0.4, -0.2) is 30.7 Å². The molecule has 1 aliphatic rings. The second-order valence-electron chi connectivity index (χ2n) is 4.94. The van der Waals surface area contributed by atoms with Crippen LogP contribution in [0.25, 0.3) is 0 Å². The molecule has 1 fully saturated rings.